The maximum Gasteiger partial charge on any atom is 0.0475 e. The first-order valence-electron chi connectivity index (χ1n) is 8.19. The van der Waals surface area contributed by atoms with E-state index in [2.05, 4.69) is 68.2 Å². The van der Waals surface area contributed by atoms with Gasteiger partial charge in [-0.15, -0.1) is 0 Å². The van der Waals surface area contributed by atoms with Gasteiger partial charge in [-0.3, -0.25) is 4.90 Å². The summed E-state index contributed by atoms with van der Waals surface area (Å²) in [6.07, 6.45) is 2.70. The first-order valence-corrected chi connectivity index (χ1v) is 8.19. The Balaban J connectivity index is 2.16. The molecule has 0 spiro atoms. The predicted molar refractivity (Wildman–Crippen MR) is 86.9 cm³/mol. The van der Waals surface area contributed by atoms with Crippen molar-refractivity contribution >= 4 is 0 Å². The Morgan fingerprint density at radius 3 is 2.50 bits per heavy atom. The molecule has 1 aromatic rings. The Kier molecular flexibility index (Phi) is 5.62. The van der Waals surface area contributed by atoms with Gasteiger partial charge >= 0.3 is 0 Å². The van der Waals surface area contributed by atoms with E-state index in [-0.39, 0.29) is 0 Å². The lowest BCUT2D eigenvalue weighted by Crippen LogP contribution is -2.46. The minimum atomic E-state index is 0.431. The number of nitrogens with zero attached hydrogens (tertiary/aromatic N) is 1. The van der Waals surface area contributed by atoms with E-state index in [0.29, 0.717) is 12.1 Å². The average molecular weight is 274 g/mol. The highest BCUT2D eigenvalue weighted by atomic mass is 15.2. The smallest absolute Gasteiger partial charge is 0.0475 e. The molecule has 1 saturated heterocycles. The lowest BCUT2D eigenvalue weighted by atomic mass is 9.95. The molecule has 2 rings (SSSR count). The topological polar surface area (TPSA) is 15.3 Å². The molecule has 20 heavy (non-hydrogen) atoms. The van der Waals surface area contributed by atoms with Crippen LogP contribution < -0.4 is 5.32 Å². The Labute approximate surface area is 124 Å². The summed E-state index contributed by atoms with van der Waals surface area (Å²) in [6, 6.07) is 12.6. The van der Waals surface area contributed by atoms with Crippen LogP contribution in [0.15, 0.2) is 30.3 Å². The molecule has 1 fully saturated rings. The molecule has 3 atom stereocenters. The van der Waals surface area contributed by atoms with Gasteiger partial charge in [0.2, 0.25) is 0 Å². The lowest BCUT2D eigenvalue weighted by Gasteiger charge is -2.38. The third-order valence-corrected chi connectivity index (χ3v) is 4.70. The highest BCUT2D eigenvalue weighted by Gasteiger charge is 2.34. The normalized spacial score (nSPS) is 23.1. The van der Waals surface area contributed by atoms with Gasteiger partial charge in [-0.05, 0) is 44.3 Å². The van der Waals surface area contributed by atoms with Crippen LogP contribution in [0.4, 0.5) is 0 Å². The molecule has 0 bridgehead atoms. The fraction of sp³-hybridized carbons (Fsp3) is 0.667. The summed E-state index contributed by atoms with van der Waals surface area (Å²) >= 11 is 0. The molecule has 3 unspecified atom stereocenters. The van der Waals surface area contributed by atoms with Gasteiger partial charge in [0.1, 0.15) is 0 Å². The fourth-order valence-corrected chi connectivity index (χ4v) is 3.68. The summed E-state index contributed by atoms with van der Waals surface area (Å²) in [5.41, 5.74) is 1.41. The van der Waals surface area contributed by atoms with E-state index in [1.807, 2.05) is 0 Å². The van der Waals surface area contributed by atoms with Crippen molar-refractivity contribution in [3.63, 3.8) is 0 Å². The molecule has 2 heteroatoms. The standard InChI is InChI=1S/C18H30N2/c1-5-19-18(16-10-7-6-8-11-16)15(4)20-13-9-12-17(20)14(2)3/h6-8,10-11,14-15,17-19H,5,9,12-13H2,1-4H3. The summed E-state index contributed by atoms with van der Waals surface area (Å²) in [5, 5.41) is 3.69. The van der Waals surface area contributed by atoms with E-state index in [9.17, 15) is 0 Å². The van der Waals surface area contributed by atoms with E-state index in [1.54, 1.807) is 0 Å². The zero-order valence-corrected chi connectivity index (χ0v) is 13.5. The molecular formula is C18H30N2. The quantitative estimate of drug-likeness (QED) is 0.847. The maximum absolute atomic E-state index is 3.69. The van der Waals surface area contributed by atoms with Gasteiger partial charge in [0.05, 0.1) is 0 Å². The molecule has 0 saturated carbocycles. The largest absolute Gasteiger partial charge is 0.309 e. The second-order valence-corrected chi connectivity index (χ2v) is 6.38. The van der Waals surface area contributed by atoms with Crippen molar-refractivity contribution in [1.29, 1.82) is 0 Å². The van der Waals surface area contributed by atoms with Crippen molar-refractivity contribution in [3.05, 3.63) is 35.9 Å². The Morgan fingerprint density at radius 2 is 1.90 bits per heavy atom. The van der Waals surface area contributed by atoms with Crippen LogP contribution >= 0.6 is 0 Å². The molecule has 0 amide bonds. The van der Waals surface area contributed by atoms with Crippen LogP contribution in [0.1, 0.15) is 52.1 Å². The molecule has 2 nitrogen and oxygen atoms in total. The molecule has 1 aliphatic rings. The molecule has 1 N–H and O–H groups in total. The Bertz CT molecular complexity index is 388. The number of hydrogen-bond acceptors (Lipinski definition) is 2. The lowest BCUT2D eigenvalue weighted by molar-refractivity contribution is 0.127. The van der Waals surface area contributed by atoms with E-state index in [1.165, 1.54) is 24.9 Å². The van der Waals surface area contributed by atoms with Crippen LogP contribution in [0.2, 0.25) is 0 Å². The zero-order valence-electron chi connectivity index (χ0n) is 13.5. The van der Waals surface area contributed by atoms with Crippen molar-refractivity contribution in [1.82, 2.24) is 10.2 Å². The van der Waals surface area contributed by atoms with Crippen molar-refractivity contribution in [2.75, 3.05) is 13.1 Å². The molecule has 0 radical (unpaired) electrons. The molecule has 0 aromatic heterocycles. The van der Waals surface area contributed by atoms with Crippen molar-refractivity contribution < 1.29 is 0 Å². The third-order valence-electron chi connectivity index (χ3n) is 4.70. The van der Waals surface area contributed by atoms with Crippen LogP contribution in [0.3, 0.4) is 0 Å². The van der Waals surface area contributed by atoms with Gasteiger partial charge in [0, 0.05) is 18.1 Å². The summed E-state index contributed by atoms with van der Waals surface area (Å²) in [4.78, 5) is 2.73. The second kappa shape index (κ2) is 7.24. The van der Waals surface area contributed by atoms with Gasteiger partial charge in [-0.25, -0.2) is 0 Å². The Hall–Kier alpha value is -0.860. The highest BCUT2D eigenvalue weighted by molar-refractivity contribution is 5.20. The van der Waals surface area contributed by atoms with Crippen molar-refractivity contribution in [2.24, 2.45) is 5.92 Å². The van der Waals surface area contributed by atoms with Crippen LogP contribution in [0.25, 0.3) is 0 Å². The summed E-state index contributed by atoms with van der Waals surface area (Å²) in [5.74, 6) is 0.748. The van der Waals surface area contributed by atoms with E-state index >= 15 is 0 Å². The first kappa shape index (κ1) is 15.5. The molecule has 1 heterocycles. The molecular weight excluding hydrogens is 244 g/mol. The van der Waals surface area contributed by atoms with Gasteiger partial charge < -0.3 is 5.32 Å². The van der Waals surface area contributed by atoms with Crippen LogP contribution in [-0.2, 0) is 0 Å². The van der Waals surface area contributed by atoms with E-state index < -0.39 is 0 Å². The average Bonchev–Trinajstić information content (AvgIpc) is 2.94. The number of nitrogens with one attached hydrogen (secondary N) is 1. The van der Waals surface area contributed by atoms with Crippen LogP contribution in [0, 0.1) is 5.92 Å². The third kappa shape index (κ3) is 3.42. The maximum atomic E-state index is 3.69. The molecule has 0 aliphatic carbocycles. The van der Waals surface area contributed by atoms with E-state index in [4.69, 9.17) is 0 Å². The number of likely N-dealkylation sites (N-methyl/N-ethyl adjacent to an activating group) is 1. The number of benzene rings is 1. The highest BCUT2D eigenvalue weighted by Crippen LogP contribution is 2.31. The minimum absolute atomic E-state index is 0.431. The summed E-state index contributed by atoms with van der Waals surface area (Å²) in [6.45, 7) is 11.6. The molecule has 1 aliphatic heterocycles. The van der Waals surface area contributed by atoms with Crippen molar-refractivity contribution in [2.45, 2.75) is 58.7 Å². The van der Waals surface area contributed by atoms with Crippen LogP contribution in [0.5, 0.6) is 0 Å². The van der Waals surface area contributed by atoms with Gasteiger partial charge in [-0.2, -0.15) is 0 Å². The fourth-order valence-electron chi connectivity index (χ4n) is 3.68. The number of likely N-dealkylation sites (tertiary alicyclic amines) is 1. The summed E-state index contributed by atoms with van der Waals surface area (Å²) in [7, 11) is 0. The number of hydrogen-bond donors (Lipinski definition) is 1. The molecule has 1 aromatic carbocycles. The molecule has 112 valence electrons. The Morgan fingerprint density at radius 1 is 1.20 bits per heavy atom. The number of rotatable bonds is 6. The van der Waals surface area contributed by atoms with Gasteiger partial charge in [0.25, 0.3) is 0 Å². The van der Waals surface area contributed by atoms with Gasteiger partial charge in [0.15, 0.2) is 0 Å². The minimum Gasteiger partial charge on any atom is -0.309 e. The second-order valence-electron chi connectivity index (χ2n) is 6.38. The van der Waals surface area contributed by atoms with E-state index in [0.717, 1.165) is 18.5 Å². The predicted octanol–water partition coefficient (Wildman–Crippen LogP) is 3.85. The summed E-state index contributed by atoms with van der Waals surface area (Å²) < 4.78 is 0. The van der Waals surface area contributed by atoms with Crippen molar-refractivity contribution in [3.8, 4) is 0 Å². The SMILES string of the molecule is CCNC(c1ccccc1)C(C)N1CCCC1C(C)C. The monoisotopic (exact) mass is 274 g/mol. The zero-order chi connectivity index (χ0) is 14.5. The van der Waals surface area contributed by atoms with Crippen LogP contribution in [-0.4, -0.2) is 30.1 Å². The first-order chi connectivity index (χ1) is 9.65. The van der Waals surface area contributed by atoms with Gasteiger partial charge in [-0.1, -0.05) is 51.1 Å².